The molecule has 2 aromatic heterocycles. The van der Waals surface area contributed by atoms with Crippen molar-refractivity contribution in [2.45, 2.75) is 6.54 Å². The molecule has 0 aliphatic carbocycles. The molecule has 7 nitrogen and oxygen atoms in total. The SMILES string of the molecule is COc1cccc(Cn2c(=O)[nH]c3c(N)ncnc32)c1. The van der Waals surface area contributed by atoms with Crippen molar-refractivity contribution in [3.8, 4) is 5.75 Å². The monoisotopic (exact) mass is 271 g/mol. The van der Waals surface area contributed by atoms with Crippen molar-refractivity contribution >= 4 is 17.0 Å². The molecule has 1 aromatic carbocycles. The van der Waals surface area contributed by atoms with E-state index in [0.29, 0.717) is 17.7 Å². The van der Waals surface area contributed by atoms with Gasteiger partial charge in [-0.05, 0) is 17.7 Å². The van der Waals surface area contributed by atoms with Gasteiger partial charge in [0.25, 0.3) is 0 Å². The Morgan fingerprint density at radius 1 is 1.40 bits per heavy atom. The number of nitrogens with zero attached hydrogens (tertiary/aromatic N) is 3. The van der Waals surface area contributed by atoms with E-state index < -0.39 is 0 Å². The molecule has 0 aliphatic rings. The lowest BCUT2D eigenvalue weighted by molar-refractivity contribution is 0.414. The summed E-state index contributed by atoms with van der Waals surface area (Å²) < 4.78 is 6.69. The first-order valence-electron chi connectivity index (χ1n) is 6.01. The molecule has 0 saturated heterocycles. The number of aromatic nitrogens is 4. The van der Waals surface area contributed by atoms with Crippen molar-refractivity contribution in [2.24, 2.45) is 0 Å². The zero-order valence-corrected chi connectivity index (χ0v) is 10.8. The standard InChI is InChI=1S/C13H13N5O2/c1-20-9-4-2-3-8(5-9)6-18-12-10(17-13(18)19)11(14)15-7-16-12/h2-5,7H,6H2,1H3,(H,17,19)(H2,14,15,16). The molecule has 0 fully saturated rings. The summed E-state index contributed by atoms with van der Waals surface area (Å²) in [7, 11) is 1.60. The van der Waals surface area contributed by atoms with Gasteiger partial charge in [-0.2, -0.15) is 0 Å². The lowest BCUT2D eigenvalue weighted by Gasteiger charge is -2.05. The van der Waals surface area contributed by atoms with E-state index >= 15 is 0 Å². The summed E-state index contributed by atoms with van der Waals surface area (Å²) >= 11 is 0. The minimum atomic E-state index is -0.269. The summed E-state index contributed by atoms with van der Waals surface area (Å²) in [5.74, 6) is 1.00. The van der Waals surface area contributed by atoms with Gasteiger partial charge >= 0.3 is 5.69 Å². The topological polar surface area (TPSA) is 98.8 Å². The maximum absolute atomic E-state index is 12.0. The predicted molar refractivity (Wildman–Crippen MR) is 74.7 cm³/mol. The summed E-state index contributed by atoms with van der Waals surface area (Å²) in [4.78, 5) is 22.6. The van der Waals surface area contributed by atoms with Crippen LogP contribution in [0.3, 0.4) is 0 Å². The van der Waals surface area contributed by atoms with Gasteiger partial charge in [0.05, 0.1) is 13.7 Å². The number of rotatable bonds is 3. The molecule has 3 rings (SSSR count). The second-order valence-corrected chi connectivity index (χ2v) is 4.33. The van der Waals surface area contributed by atoms with Crippen molar-refractivity contribution in [2.75, 3.05) is 12.8 Å². The second-order valence-electron chi connectivity index (χ2n) is 4.33. The zero-order valence-electron chi connectivity index (χ0n) is 10.8. The highest BCUT2D eigenvalue weighted by atomic mass is 16.5. The molecule has 0 unspecified atom stereocenters. The van der Waals surface area contributed by atoms with E-state index in [1.54, 1.807) is 7.11 Å². The lowest BCUT2D eigenvalue weighted by atomic mass is 10.2. The van der Waals surface area contributed by atoms with Crippen LogP contribution in [0.1, 0.15) is 5.56 Å². The molecule has 102 valence electrons. The molecule has 2 heterocycles. The molecule has 0 aliphatic heterocycles. The highest BCUT2D eigenvalue weighted by Crippen LogP contribution is 2.16. The van der Waals surface area contributed by atoms with Gasteiger partial charge in [0.1, 0.15) is 17.6 Å². The van der Waals surface area contributed by atoms with Crippen LogP contribution in [0.25, 0.3) is 11.2 Å². The number of hydrogen-bond acceptors (Lipinski definition) is 5. The molecule has 0 amide bonds. The van der Waals surface area contributed by atoms with Crippen LogP contribution in [0.2, 0.25) is 0 Å². The Balaban J connectivity index is 2.08. The van der Waals surface area contributed by atoms with Gasteiger partial charge < -0.3 is 15.5 Å². The summed E-state index contributed by atoms with van der Waals surface area (Å²) in [6.45, 7) is 0.381. The fourth-order valence-corrected chi connectivity index (χ4v) is 2.08. The van der Waals surface area contributed by atoms with E-state index in [1.807, 2.05) is 24.3 Å². The maximum atomic E-state index is 12.0. The quantitative estimate of drug-likeness (QED) is 0.732. The van der Waals surface area contributed by atoms with Crippen LogP contribution in [0.15, 0.2) is 35.4 Å². The molecular formula is C13H13N5O2. The molecule has 0 radical (unpaired) electrons. The van der Waals surface area contributed by atoms with E-state index in [0.717, 1.165) is 11.3 Å². The summed E-state index contributed by atoms with van der Waals surface area (Å²) in [6.07, 6.45) is 1.34. The Kier molecular flexibility index (Phi) is 2.86. The smallest absolute Gasteiger partial charge is 0.328 e. The normalized spacial score (nSPS) is 10.8. The first-order valence-corrected chi connectivity index (χ1v) is 6.01. The summed E-state index contributed by atoms with van der Waals surface area (Å²) in [6, 6.07) is 7.51. The molecule has 0 saturated carbocycles. The molecule has 20 heavy (non-hydrogen) atoms. The molecule has 0 atom stereocenters. The van der Waals surface area contributed by atoms with Gasteiger partial charge in [0.15, 0.2) is 11.5 Å². The van der Waals surface area contributed by atoms with Crippen LogP contribution in [0.5, 0.6) is 5.75 Å². The number of aromatic amines is 1. The van der Waals surface area contributed by atoms with Crippen LogP contribution in [0.4, 0.5) is 5.82 Å². The third-order valence-electron chi connectivity index (χ3n) is 3.06. The van der Waals surface area contributed by atoms with Gasteiger partial charge in [0.2, 0.25) is 0 Å². The van der Waals surface area contributed by atoms with Crippen LogP contribution in [-0.4, -0.2) is 26.6 Å². The Morgan fingerprint density at radius 2 is 2.25 bits per heavy atom. The molecule has 3 N–H and O–H groups in total. The highest BCUT2D eigenvalue weighted by molar-refractivity contribution is 5.81. The maximum Gasteiger partial charge on any atom is 0.328 e. The number of ether oxygens (including phenoxy) is 1. The van der Waals surface area contributed by atoms with Gasteiger partial charge in [-0.25, -0.2) is 14.8 Å². The number of H-pyrrole nitrogens is 1. The number of nitrogens with one attached hydrogen (secondary N) is 1. The van der Waals surface area contributed by atoms with Crippen molar-refractivity contribution < 1.29 is 4.74 Å². The zero-order chi connectivity index (χ0) is 14.1. The van der Waals surface area contributed by atoms with Crippen LogP contribution < -0.4 is 16.2 Å². The van der Waals surface area contributed by atoms with Crippen molar-refractivity contribution in [3.05, 3.63) is 46.6 Å². The Morgan fingerprint density at radius 3 is 3.05 bits per heavy atom. The minimum Gasteiger partial charge on any atom is -0.497 e. The minimum absolute atomic E-state index is 0.261. The Labute approximate surface area is 114 Å². The van der Waals surface area contributed by atoms with E-state index in [1.165, 1.54) is 10.9 Å². The number of hydrogen-bond donors (Lipinski definition) is 2. The largest absolute Gasteiger partial charge is 0.497 e. The van der Waals surface area contributed by atoms with Crippen molar-refractivity contribution in [3.63, 3.8) is 0 Å². The van der Waals surface area contributed by atoms with E-state index in [-0.39, 0.29) is 11.5 Å². The summed E-state index contributed by atoms with van der Waals surface area (Å²) in [5, 5.41) is 0. The number of imidazole rings is 1. The number of fused-ring (bicyclic) bond motifs is 1. The lowest BCUT2D eigenvalue weighted by Crippen LogP contribution is -2.17. The van der Waals surface area contributed by atoms with E-state index in [4.69, 9.17) is 10.5 Å². The first kappa shape index (κ1) is 12.2. The third kappa shape index (κ3) is 1.99. The average molecular weight is 271 g/mol. The van der Waals surface area contributed by atoms with Crippen molar-refractivity contribution in [1.82, 2.24) is 19.5 Å². The van der Waals surface area contributed by atoms with E-state index in [9.17, 15) is 4.79 Å². The highest BCUT2D eigenvalue weighted by Gasteiger charge is 2.11. The number of methoxy groups -OCH3 is 1. The van der Waals surface area contributed by atoms with Crippen LogP contribution in [0, 0.1) is 0 Å². The Bertz CT molecular complexity index is 821. The fourth-order valence-electron chi connectivity index (χ4n) is 2.08. The number of nitrogen functional groups attached to an aromatic ring is 1. The molecule has 7 heteroatoms. The van der Waals surface area contributed by atoms with Crippen molar-refractivity contribution in [1.29, 1.82) is 0 Å². The molecule has 0 spiro atoms. The average Bonchev–Trinajstić information content (AvgIpc) is 2.78. The molecule has 0 bridgehead atoms. The summed E-state index contributed by atoms with van der Waals surface area (Å²) in [5.41, 5.74) is 7.34. The van der Waals surface area contributed by atoms with Gasteiger partial charge in [-0.15, -0.1) is 0 Å². The molecular weight excluding hydrogens is 258 g/mol. The predicted octanol–water partition coefficient (Wildman–Crippen LogP) is 0.759. The fraction of sp³-hybridized carbons (Fsp3) is 0.154. The van der Waals surface area contributed by atoms with E-state index in [2.05, 4.69) is 15.0 Å². The second kappa shape index (κ2) is 4.69. The Hall–Kier alpha value is -2.83. The third-order valence-corrected chi connectivity index (χ3v) is 3.06. The first-order chi connectivity index (χ1) is 9.69. The number of anilines is 1. The van der Waals surface area contributed by atoms with Gasteiger partial charge in [0, 0.05) is 0 Å². The molecule has 3 aromatic rings. The van der Waals surface area contributed by atoms with Gasteiger partial charge in [-0.3, -0.25) is 4.57 Å². The van der Waals surface area contributed by atoms with Crippen LogP contribution >= 0.6 is 0 Å². The van der Waals surface area contributed by atoms with Crippen LogP contribution in [-0.2, 0) is 6.54 Å². The number of nitrogens with two attached hydrogens (primary N) is 1. The number of benzene rings is 1. The van der Waals surface area contributed by atoms with Gasteiger partial charge in [-0.1, -0.05) is 12.1 Å².